The van der Waals surface area contributed by atoms with Crippen LogP contribution in [0.25, 0.3) is 0 Å². The van der Waals surface area contributed by atoms with Crippen molar-refractivity contribution in [2.75, 3.05) is 12.0 Å². The molecule has 1 N–H and O–H groups in total. The van der Waals surface area contributed by atoms with E-state index in [9.17, 15) is 9.59 Å². The Labute approximate surface area is 170 Å². The lowest BCUT2D eigenvalue weighted by Gasteiger charge is -2.24. The summed E-state index contributed by atoms with van der Waals surface area (Å²) >= 11 is 0. The van der Waals surface area contributed by atoms with Crippen LogP contribution in [0.15, 0.2) is 72.8 Å². The van der Waals surface area contributed by atoms with Crippen molar-refractivity contribution in [1.29, 1.82) is 0 Å². The number of aryl methyl sites for hydroxylation is 1. The topological polar surface area (TPSA) is 66.8 Å². The largest absolute Gasteiger partial charge is 0.497 e. The van der Waals surface area contributed by atoms with Crippen LogP contribution in [0.1, 0.15) is 27.0 Å². The standard InChI is InChI=1S/C24H23NO4/c1-17-6-8-19(9-7-17)16-25(21-12-10-18(11-13-21)14-23(26)27)24(28)20-4-3-5-22(15-20)29-2/h3-13,15H,14,16H2,1-2H3,(H,26,27). The number of anilines is 1. The van der Waals surface area contributed by atoms with E-state index in [1.807, 2.05) is 31.2 Å². The zero-order valence-corrected chi connectivity index (χ0v) is 16.5. The Hall–Kier alpha value is -3.60. The van der Waals surface area contributed by atoms with Gasteiger partial charge in [0.25, 0.3) is 5.91 Å². The van der Waals surface area contributed by atoms with Crippen molar-refractivity contribution in [3.05, 3.63) is 95.1 Å². The molecule has 3 aromatic rings. The van der Waals surface area contributed by atoms with Crippen LogP contribution in [0.2, 0.25) is 0 Å². The summed E-state index contributed by atoms with van der Waals surface area (Å²) in [6, 6.07) is 22.1. The van der Waals surface area contributed by atoms with Gasteiger partial charge in [-0.1, -0.05) is 48.0 Å². The molecule has 0 bridgehead atoms. The molecular weight excluding hydrogens is 366 g/mol. The molecule has 5 nitrogen and oxygen atoms in total. The lowest BCUT2D eigenvalue weighted by Crippen LogP contribution is -2.30. The van der Waals surface area contributed by atoms with Gasteiger partial charge in [0.1, 0.15) is 5.75 Å². The highest BCUT2D eigenvalue weighted by molar-refractivity contribution is 6.06. The Morgan fingerprint density at radius 2 is 1.59 bits per heavy atom. The highest BCUT2D eigenvalue weighted by Crippen LogP contribution is 2.23. The molecular formula is C24H23NO4. The summed E-state index contributed by atoms with van der Waals surface area (Å²) in [6.45, 7) is 2.42. The van der Waals surface area contributed by atoms with Gasteiger partial charge in [0, 0.05) is 11.3 Å². The summed E-state index contributed by atoms with van der Waals surface area (Å²) in [4.78, 5) is 25.9. The molecule has 29 heavy (non-hydrogen) atoms. The van der Waals surface area contributed by atoms with Crippen LogP contribution in [0.3, 0.4) is 0 Å². The van der Waals surface area contributed by atoms with Gasteiger partial charge in [0.2, 0.25) is 0 Å². The van der Waals surface area contributed by atoms with E-state index < -0.39 is 5.97 Å². The number of ether oxygens (including phenoxy) is 1. The molecule has 0 fully saturated rings. The first-order valence-electron chi connectivity index (χ1n) is 9.28. The first-order valence-corrected chi connectivity index (χ1v) is 9.28. The van der Waals surface area contributed by atoms with Crippen LogP contribution in [0.4, 0.5) is 5.69 Å². The molecule has 0 heterocycles. The van der Waals surface area contributed by atoms with E-state index in [2.05, 4.69) is 0 Å². The summed E-state index contributed by atoms with van der Waals surface area (Å²) < 4.78 is 5.25. The number of benzene rings is 3. The van der Waals surface area contributed by atoms with Crippen LogP contribution in [0.5, 0.6) is 5.75 Å². The molecule has 0 spiro atoms. The second kappa shape index (κ2) is 9.06. The Morgan fingerprint density at radius 3 is 2.21 bits per heavy atom. The number of rotatable bonds is 7. The summed E-state index contributed by atoms with van der Waals surface area (Å²) in [6.07, 6.45) is -0.0535. The maximum atomic E-state index is 13.3. The second-order valence-electron chi connectivity index (χ2n) is 6.85. The number of carboxylic acid groups (broad SMARTS) is 1. The molecule has 3 aromatic carbocycles. The predicted octanol–water partition coefficient (Wildman–Crippen LogP) is 4.48. The minimum Gasteiger partial charge on any atom is -0.497 e. The molecule has 0 atom stereocenters. The number of carbonyl (C=O) groups is 2. The number of methoxy groups -OCH3 is 1. The van der Waals surface area contributed by atoms with E-state index in [0.717, 1.165) is 11.1 Å². The van der Waals surface area contributed by atoms with E-state index in [1.165, 1.54) is 0 Å². The van der Waals surface area contributed by atoms with Gasteiger partial charge in [0.05, 0.1) is 20.1 Å². The molecule has 0 unspecified atom stereocenters. The fourth-order valence-electron chi connectivity index (χ4n) is 3.04. The highest BCUT2D eigenvalue weighted by atomic mass is 16.5. The van der Waals surface area contributed by atoms with E-state index in [0.29, 0.717) is 29.1 Å². The molecule has 0 aromatic heterocycles. The smallest absolute Gasteiger partial charge is 0.307 e. The summed E-state index contributed by atoms with van der Waals surface area (Å²) in [5, 5.41) is 8.97. The van der Waals surface area contributed by atoms with Gasteiger partial charge in [0.15, 0.2) is 0 Å². The minimum absolute atomic E-state index is 0.0535. The Balaban J connectivity index is 1.95. The van der Waals surface area contributed by atoms with Gasteiger partial charge in [-0.05, 0) is 48.4 Å². The summed E-state index contributed by atoms with van der Waals surface area (Å²) in [5.74, 6) is -0.430. The SMILES string of the molecule is COc1cccc(C(=O)N(Cc2ccc(C)cc2)c2ccc(CC(=O)O)cc2)c1. The lowest BCUT2D eigenvalue weighted by molar-refractivity contribution is -0.136. The van der Waals surface area contributed by atoms with Crippen molar-refractivity contribution in [2.45, 2.75) is 19.9 Å². The monoisotopic (exact) mass is 389 g/mol. The molecule has 5 heteroatoms. The fraction of sp³-hybridized carbons (Fsp3) is 0.167. The highest BCUT2D eigenvalue weighted by Gasteiger charge is 2.19. The summed E-state index contributed by atoms with van der Waals surface area (Å²) in [7, 11) is 1.56. The van der Waals surface area contributed by atoms with Crippen molar-refractivity contribution < 1.29 is 19.4 Å². The van der Waals surface area contributed by atoms with Gasteiger partial charge in [-0.15, -0.1) is 0 Å². The number of aliphatic carboxylic acids is 1. The molecule has 0 aliphatic carbocycles. The minimum atomic E-state index is -0.887. The number of hydrogen-bond donors (Lipinski definition) is 1. The number of amides is 1. The van der Waals surface area contributed by atoms with Gasteiger partial charge in [-0.25, -0.2) is 0 Å². The maximum Gasteiger partial charge on any atom is 0.307 e. The van der Waals surface area contributed by atoms with Crippen LogP contribution >= 0.6 is 0 Å². The quantitative estimate of drug-likeness (QED) is 0.647. The van der Waals surface area contributed by atoms with Crippen molar-refractivity contribution in [2.24, 2.45) is 0 Å². The van der Waals surface area contributed by atoms with Gasteiger partial charge in [-0.3, -0.25) is 9.59 Å². The van der Waals surface area contributed by atoms with Crippen LogP contribution in [-0.4, -0.2) is 24.1 Å². The van der Waals surface area contributed by atoms with Gasteiger partial charge in [-0.2, -0.15) is 0 Å². The third-order valence-electron chi connectivity index (χ3n) is 4.63. The predicted molar refractivity (Wildman–Crippen MR) is 112 cm³/mol. The third kappa shape index (κ3) is 5.23. The average molecular weight is 389 g/mol. The average Bonchev–Trinajstić information content (AvgIpc) is 2.73. The number of carboxylic acids is 1. The Kier molecular flexibility index (Phi) is 6.29. The van der Waals surface area contributed by atoms with Gasteiger partial charge < -0.3 is 14.7 Å². The van der Waals surface area contributed by atoms with Crippen LogP contribution in [-0.2, 0) is 17.8 Å². The molecule has 0 saturated carbocycles. The first-order chi connectivity index (χ1) is 14.0. The number of hydrogen-bond acceptors (Lipinski definition) is 3. The lowest BCUT2D eigenvalue weighted by atomic mass is 10.1. The van der Waals surface area contributed by atoms with Crippen LogP contribution in [0, 0.1) is 6.92 Å². The fourth-order valence-corrected chi connectivity index (χ4v) is 3.04. The molecule has 1 amide bonds. The van der Waals surface area contributed by atoms with E-state index in [1.54, 1.807) is 60.5 Å². The molecule has 0 aliphatic heterocycles. The van der Waals surface area contributed by atoms with Gasteiger partial charge >= 0.3 is 5.97 Å². The maximum absolute atomic E-state index is 13.3. The second-order valence-corrected chi connectivity index (χ2v) is 6.85. The molecule has 0 radical (unpaired) electrons. The zero-order valence-electron chi connectivity index (χ0n) is 16.5. The van der Waals surface area contributed by atoms with E-state index >= 15 is 0 Å². The number of nitrogens with zero attached hydrogens (tertiary/aromatic N) is 1. The molecule has 3 rings (SSSR count). The Bertz CT molecular complexity index is 994. The van der Waals surface area contributed by atoms with E-state index in [4.69, 9.17) is 9.84 Å². The van der Waals surface area contributed by atoms with Crippen molar-refractivity contribution >= 4 is 17.6 Å². The third-order valence-corrected chi connectivity index (χ3v) is 4.63. The van der Waals surface area contributed by atoms with Crippen molar-refractivity contribution in [1.82, 2.24) is 0 Å². The van der Waals surface area contributed by atoms with Crippen LogP contribution < -0.4 is 9.64 Å². The Morgan fingerprint density at radius 1 is 0.931 bits per heavy atom. The zero-order chi connectivity index (χ0) is 20.8. The number of carbonyl (C=O) groups excluding carboxylic acids is 1. The molecule has 0 saturated heterocycles. The normalized spacial score (nSPS) is 10.4. The van der Waals surface area contributed by atoms with Crippen molar-refractivity contribution in [3.63, 3.8) is 0 Å². The molecule has 148 valence electrons. The summed E-state index contributed by atoms with van der Waals surface area (Å²) in [5.41, 5.74) is 4.06. The molecule has 0 aliphatic rings. The van der Waals surface area contributed by atoms with E-state index in [-0.39, 0.29) is 12.3 Å². The van der Waals surface area contributed by atoms with Crippen molar-refractivity contribution in [3.8, 4) is 5.75 Å². The first kappa shape index (κ1) is 20.1.